The summed E-state index contributed by atoms with van der Waals surface area (Å²) in [4.78, 5) is 14.1. The summed E-state index contributed by atoms with van der Waals surface area (Å²) in [5.74, 6) is -0.658. The molecule has 1 aromatic carbocycles. The van der Waals surface area contributed by atoms with E-state index < -0.39 is 16.0 Å². The van der Waals surface area contributed by atoms with Crippen LogP contribution in [-0.2, 0) is 10.2 Å². The van der Waals surface area contributed by atoms with Gasteiger partial charge in [0.1, 0.15) is 5.82 Å². The quantitative estimate of drug-likeness (QED) is 0.802. The molecule has 6 nitrogen and oxygen atoms in total. The largest absolute Gasteiger partial charge is 0.336 e. The number of halogens is 1. The van der Waals surface area contributed by atoms with Crippen LogP contribution in [0.1, 0.15) is 41.6 Å². The Morgan fingerprint density at radius 1 is 0.923 bits per heavy atom. The summed E-state index contributed by atoms with van der Waals surface area (Å²) in [6.45, 7) is 3.99. The topological polar surface area (TPSA) is 60.9 Å². The second kappa shape index (κ2) is 8.02. The minimum Gasteiger partial charge on any atom is -0.336 e. The number of carbonyl (C=O) groups is 1. The van der Waals surface area contributed by atoms with Gasteiger partial charge in [0.2, 0.25) is 0 Å². The number of nitrogens with zero attached hydrogens (tertiary/aromatic N) is 3. The summed E-state index contributed by atoms with van der Waals surface area (Å²) in [7, 11) is -3.47. The fourth-order valence-electron chi connectivity index (χ4n) is 3.47. The lowest BCUT2D eigenvalue weighted by Gasteiger charge is -2.36. The number of aryl methyl sites for hydroxylation is 1. The van der Waals surface area contributed by atoms with Gasteiger partial charge >= 0.3 is 0 Å². The van der Waals surface area contributed by atoms with Crippen LogP contribution in [0.5, 0.6) is 0 Å². The molecule has 144 valence electrons. The van der Waals surface area contributed by atoms with E-state index in [1.54, 1.807) is 28.3 Å². The highest BCUT2D eigenvalue weighted by Crippen LogP contribution is 2.19. The van der Waals surface area contributed by atoms with Gasteiger partial charge in [0.05, 0.1) is 0 Å². The summed E-state index contributed by atoms with van der Waals surface area (Å²) < 4.78 is 42.4. The van der Waals surface area contributed by atoms with E-state index in [0.717, 1.165) is 25.7 Å². The molecule has 3 rings (SSSR count). The van der Waals surface area contributed by atoms with Gasteiger partial charge in [-0.15, -0.1) is 0 Å². The zero-order valence-electron chi connectivity index (χ0n) is 15.2. The fraction of sp³-hybridized carbons (Fsp3) is 0.611. The molecule has 0 atom stereocenters. The Morgan fingerprint density at radius 2 is 1.50 bits per heavy atom. The maximum atomic E-state index is 13.7. The lowest BCUT2D eigenvalue weighted by molar-refractivity contribution is 0.0693. The van der Waals surface area contributed by atoms with E-state index in [0.29, 0.717) is 37.3 Å². The Kier molecular flexibility index (Phi) is 5.94. The molecule has 2 fully saturated rings. The van der Waals surface area contributed by atoms with E-state index >= 15 is 0 Å². The maximum absolute atomic E-state index is 13.7. The molecule has 0 aromatic heterocycles. The van der Waals surface area contributed by atoms with Gasteiger partial charge in [-0.2, -0.15) is 17.0 Å². The lowest BCUT2D eigenvalue weighted by Crippen LogP contribution is -2.54. The van der Waals surface area contributed by atoms with Gasteiger partial charge < -0.3 is 4.90 Å². The fourth-order valence-corrected chi connectivity index (χ4v) is 5.14. The van der Waals surface area contributed by atoms with Gasteiger partial charge in [-0.05, 0) is 37.5 Å². The predicted molar refractivity (Wildman–Crippen MR) is 97.6 cm³/mol. The van der Waals surface area contributed by atoms with E-state index in [2.05, 4.69) is 0 Å². The van der Waals surface area contributed by atoms with E-state index in [-0.39, 0.29) is 19.0 Å². The van der Waals surface area contributed by atoms with E-state index in [1.165, 1.54) is 10.4 Å². The molecule has 1 aromatic rings. The molecule has 0 saturated carbocycles. The number of hydrogen-bond donors (Lipinski definition) is 0. The molecule has 0 aliphatic carbocycles. The first-order valence-electron chi connectivity index (χ1n) is 9.20. The number of piperazine rings is 1. The predicted octanol–water partition coefficient (Wildman–Crippen LogP) is 2.01. The minimum atomic E-state index is -3.47. The van der Waals surface area contributed by atoms with Crippen molar-refractivity contribution in [1.29, 1.82) is 0 Å². The van der Waals surface area contributed by atoms with Crippen LogP contribution in [0, 0.1) is 12.7 Å². The zero-order valence-corrected chi connectivity index (χ0v) is 16.0. The zero-order chi connectivity index (χ0) is 18.7. The number of amides is 1. The average Bonchev–Trinajstić information content (AvgIpc) is 2.93. The lowest BCUT2D eigenvalue weighted by atomic mass is 10.1. The third-order valence-electron chi connectivity index (χ3n) is 5.16. The van der Waals surface area contributed by atoms with Crippen molar-refractivity contribution < 1.29 is 17.6 Å². The molecule has 1 amide bonds. The molecule has 0 N–H and O–H groups in total. The second-order valence-electron chi connectivity index (χ2n) is 6.98. The van der Waals surface area contributed by atoms with Crippen molar-refractivity contribution >= 4 is 16.1 Å². The SMILES string of the molecule is Cc1ccc(C(=O)N2CCN(S(=O)(=O)N3CCCCCC3)CC2)cc1F. The maximum Gasteiger partial charge on any atom is 0.282 e. The monoisotopic (exact) mass is 383 g/mol. The Bertz CT molecular complexity index is 753. The van der Waals surface area contributed by atoms with E-state index in [4.69, 9.17) is 0 Å². The number of hydrogen-bond acceptors (Lipinski definition) is 3. The molecule has 2 aliphatic heterocycles. The standard InChI is InChI=1S/C18H26FN3O3S/c1-15-6-7-16(14-17(15)19)18(23)20-10-12-22(13-11-20)26(24,25)21-8-4-2-3-5-9-21/h6-7,14H,2-5,8-13H2,1H3. The van der Waals surface area contributed by atoms with Crippen molar-refractivity contribution in [3.8, 4) is 0 Å². The second-order valence-corrected chi connectivity index (χ2v) is 8.90. The molecule has 8 heteroatoms. The number of carbonyl (C=O) groups excluding carboxylic acids is 1. The molecule has 0 radical (unpaired) electrons. The molecule has 0 spiro atoms. The summed E-state index contributed by atoms with van der Waals surface area (Å²) >= 11 is 0. The van der Waals surface area contributed by atoms with Gasteiger partial charge in [0.25, 0.3) is 16.1 Å². The van der Waals surface area contributed by atoms with Crippen LogP contribution in [0.4, 0.5) is 4.39 Å². The van der Waals surface area contributed by atoms with Crippen LogP contribution in [0.2, 0.25) is 0 Å². The van der Waals surface area contributed by atoms with Gasteiger partial charge in [0, 0.05) is 44.8 Å². The Labute approximate surface area is 154 Å². The van der Waals surface area contributed by atoms with Gasteiger partial charge in [-0.25, -0.2) is 4.39 Å². The first kappa shape index (κ1) is 19.3. The minimum absolute atomic E-state index is 0.254. The summed E-state index contributed by atoms with van der Waals surface area (Å²) in [6.07, 6.45) is 3.94. The molecule has 0 bridgehead atoms. The van der Waals surface area contributed by atoms with Crippen LogP contribution < -0.4 is 0 Å². The Hall–Kier alpha value is -1.51. The van der Waals surface area contributed by atoms with Crippen LogP contribution in [0.15, 0.2) is 18.2 Å². The van der Waals surface area contributed by atoms with Crippen molar-refractivity contribution in [2.45, 2.75) is 32.6 Å². The molecular formula is C18H26FN3O3S. The highest BCUT2D eigenvalue weighted by atomic mass is 32.2. The van der Waals surface area contributed by atoms with Crippen LogP contribution >= 0.6 is 0 Å². The molecule has 2 aliphatic rings. The van der Waals surface area contributed by atoms with Crippen molar-refractivity contribution in [3.05, 3.63) is 35.1 Å². The smallest absolute Gasteiger partial charge is 0.282 e. The number of benzene rings is 1. The molecule has 2 heterocycles. The van der Waals surface area contributed by atoms with Crippen molar-refractivity contribution in [2.75, 3.05) is 39.3 Å². The van der Waals surface area contributed by atoms with Crippen LogP contribution in [0.3, 0.4) is 0 Å². The molecule has 0 unspecified atom stereocenters. The van der Waals surface area contributed by atoms with Crippen molar-refractivity contribution in [3.63, 3.8) is 0 Å². The van der Waals surface area contributed by atoms with Gasteiger partial charge in [0.15, 0.2) is 0 Å². The molecule has 2 saturated heterocycles. The van der Waals surface area contributed by atoms with Crippen LogP contribution in [-0.4, -0.2) is 67.1 Å². The van der Waals surface area contributed by atoms with Crippen molar-refractivity contribution in [1.82, 2.24) is 13.5 Å². The molecular weight excluding hydrogens is 357 g/mol. The van der Waals surface area contributed by atoms with E-state index in [9.17, 15) is 17.6 Å². The Morgan fingerprint density at radius 3 is 2.08 bits per heavy atom. The van der Waals surface area contributed by atoms with Gasteiger partial charge in [-0.1, -0.05) is 18.9 Å². The summed E-state index contributed by atoms with van der Waals surface area (Å²) in [5.41, 5.74) is 0.798. The van der Waals surface area contributed by atoms with E-state index in [1.807, 2.05) is 0 Å². The third-order valence-corrected chi connectivity index (χ3v) is 7.20. The van der Waals surface area contributed by atoms with Gasteiger partial charge in [-0.3, -0.25) is 4.79 Å². The summed E-state index contributed by atoms with van der Waals surface area (Å²) in [5, 5.41) is 0. The Balaban J connectivity index is 1.62. The highest BCUT2D eigenvalue weighted by Gasteiger charge is 2.33. The first-order chi connectivity index (χ1) is 12.4. The normalized spacial score (nSPS) is 20.8. The average molecular weight is 383 g/mol. The number of rotatable bonds is 3. The van der Waals surface area contributed by atoms with Crippen molar-refractivity contribution in [2.24, 2.45) is 0 Å². The summed E-state index contributed by atoms with van der Waals surface area (Å²) in [6, 6.07) is 4.45. The third kappa shape index (κ3) is 4.07. The van der Waals surface area contributed by atoms with Crippen LogP contribution in [0.25, 0.3) is 0 Å². The first-order valence-corrected chi connectivity index (χ1v) is 10.6. The highest BCUT2D eigenvalue weighted by molar-refractivity contribution is 7.86. The molecule has 26 heavy (non-hydrogen) atoms.